The van der Waals surface area contributed by atoms with Crippen LogP contribution in [0.15, 0.2) is 78.0 Å². The van der Waals surface area contributed by atoms with Gasteiger partial charge in [-0.2, -0.15) is 5.10 Å². The average Bonchev–Trinajstić information content (AvgIpc) is 3.23. The van der Waals surface area contributed by atoms with Crippen LogP contribution in [0.1, 0.15) is 42.9 Å². The van der Waals surface area contributed by atoms with Crippen LogP contribution in [0.2, 0.25) is 0 Å². The van der Waals surface area contributed by atoms with Gasteiger partial charge in [0.15, 0.2) is 5.96 Å². The molecule has 3 N–H and O–H groups in total. The van der Waals surface area contributed by atoms with Crippen LogP contribution in [0.4, 0.5) is 0 Å². The Hall–Kier alpha value is -3.12. The number of aliphatic imine (C=N–C) groups is 1. The number of guanidine groups is 1. The van der Waals surface area contributed by atoms with Gasteiger partial charge in [-0.3, -0.25) is 4.68 Å². The molecule has 6 nitrogen and oxygen atoms in total. The highest BCUT2D eigenvalue weighted by Gasteiger charge is 2.24. The van der Waals surface area contributed by atoms with Crippen LogP contribution in [-0.2, 0) is 12.6 Å². The Labute approximate surface area is 185 Å². The van der Waals surface area contributed by atoms with Crippen LogP contribution in [0.5, 0.6) is 0 Å². The van der Waals surface area contributed by atoms with E-state index in [2.05, 4.69) is 69.3 Å². The first kappa shape index (κ1) is 22.6. The van der Waals surface area contributed by atoms with Gasteiger partial charge in [0.1, 0.15) is 5.60 Å². The van der Waals surface area contributed by atoms with Gasteiger partial charge in [-0.05, 0) is 31.4 Å². The van der Waals surface area contributed by atoms with Crippen molar-refractivity contribution in [3.63, 3.8) is 0 Å². The van der Waals surface area contributed by atoms with Gasteiger partial charge in [-0.1, -0.05) is 60.7 Å². The molecule has 0 amide bonds. The Morgan fingerprint density at radius 2 is 1.68 bits per heavy atom. The monoisotopic (exact) mass is 419 g/mol. The van der Waals surface area contributed by atoms with E-state index in [9.17, 15) is 5.11 Å². The number of hydrogen-bond donors (Lipinski definition) is 3. The van der Waals surface area contributed by atoms with E-state index in [1.54, 1.807) is 17.8 Å². The second kappa shape index (κ2) is 10.8. The van der Waals surface area contributed by atoms with Crippen LogP contribution >= 0.6 is 0 Å². The fourth-order valence-electron chi connectivity index (χ4n) is 3.60. The highest BCUT2D eigenvalue weighted by Crippen LogP contribution is 2.27. The molecular formula is C25H33N5O. The number of aliphatic hydroxyl groups is 1. The fraction of sp³-hybridized carbons (Fsp3) is 0.360. The number of hydrogen-bond acceptors (Lipinski definition) is 3. The molecule has 0 aliphatic heterocycles. The third-order valence-corrected chi connectivity index (χ3v) is 5.35. The van der Waals surface area contributed by atoms with Crippen LogP contribution in [0.25, 0.3) is 0 Å². The summed E-state index contributed by atoms with van der Waals surface area (Å²) in [5.74, 6) is 1.00. The first-order valence-corrected chi connectivity index (χ1v) is 10.8. The molecule has 3 aromatic rings. The minimum Gasteiger partial charge on any atom is -0.383 e. The van der Waals surface area contributed by atoms with E-state index in [0.29, 0.717) is 11.9 Å². The third kappa shape index (κ3) is 6.43. The van der Waals surface area contributed by atoms with Gasteiger partial charge in [0, 0.05) is 37.8 Å². The van der Waals surface area contributed by atoms with Crippen molar-refractivity contribution in [1.82, 2.24) is 20.4 Å². The smallest absolute Gasteiger partial charge is 0.191 e. The zero-order valence-corrected chi connectivity index (χ0v) is 18.6. The molecule has 164 valence electrons. The van der Waals surface area contributed by atoms with E-state index < -0.39 is 5.60 Å². The van der Waals surface area contributed by atoms with E-state index >= 15 is 0 Å². The molecular weight excluding hydrogens is 386 g/mol. The molecule has 0 saturated carbocycles. The normalized spacial score (nSPS) is 13.8. The second-order valence-electron chi connectivity index (χ2n) is 7.96. The van der Waals surface area contributed by atoms with Crippen molar-refractivity contribution >= 4 is 5.96 Å². The zero-order chi connectivity index (χ0) is 22.1. The summed E-state index contributed by atoms with van der Waals surface area (Å²) in [6, 6.07) is 21.2. The van der Waals surface area contributed by atoms with Gasteiger partial charge >= 0.3 is 0 Å². The van der Waals surface area contributed by atoms with Crippen LogP contribution in [0.3, 0.4) is 0 Å². The lowest BCUT2D eigenvalue weighted by Gasteiger charge is -2.22. The molecule has 1 aromatic heterocycles. The minimum absolute atomic E-state index is 0.245. The summed E-state index contributed by atoms with van der Waals surface area (Å²) in [4.78, 5) is 4.62. The van der Waals surface area contributed by atoms with Crippen molar-refractivity contribution in [2.75, 3.05) is 19.6 Å². The molecule has 0 aliphatic rings. The van der Waals surface area contributed by atoms with E-state index in [-0.39, 0.29) is 6.54 Å². The summed E-state index contributed by atoms with van der Waals surface area (Å²) >= 11 is 0. The van der Waals surface area contributed by atoms with Crippen molar-refractivity contribution in [3.8, 4) is 0 Å². The van der Waals surface area contributed by atoms with E-state index in [1.165, 1.54) is 11.1 Å². The van der Waals surface area contributed by atoms with Gasteiger partial charge in [0.05, 0.1) is 12.7 Å². The Morgan fingerprint density at radius 3 is 2.19 bits per heavy atom. The molecule has 1 heterocycles. The van der Waals surface area contributed by atoms with Crippen LogP contribution < -0.4 is 10.6 Å². The molecule has 31 heavy (non-hydrogen) atoms. The van der Waals surface area contributed by atoms with Gasteiger partial charge in [-0.25, -0.2) is 4.99 Å². The molecule has 1 unspecified atom stereocenters. The topological polar surface area (TPSA) is 74.5 Å². The number of nitrogens with zero attached hydrogens (tertiary/aromatic N) is 3. The van der Waals surface area contributed by atoms with Crippen molar-refractivity contribution in [1.29, 1.82) is 0 Å². The Balaban J connectivity index is 1.66. The number of aryl methyl sites for hydroxylation is 1. The van der Waals surface area contributed by atoms with E-state index in [1.807, 2.05) is 32.3 Å². The molecule has 0 spiro atoms. The highest BCUT2D eigenvalue weighted by atomic mass is 16.3. The molecule has 0 radical (unpaired) electrons. The molecule has 6 heteroatoms. The molecule has 0 saturated heterocycles. The fourth-order valence-corrected chi connectivity index (χ4v) is 3.60. The predicted octanol–water partition coefficient (Wildman–Crippen LogP) is 3.40. The maximum Gasteiger partial charge on any atom is 0.191 e. The quantitative estimate of drug-likeness (QED) is 0.367. The summed E-state index contributed by atoms with van der Waals surface area (Å²) < 4.78 is 1.68. The lowest BCUT2D eigenvalue weighted by atomic mass is 9.88. The largest absolute Gasteiger partial charge is 0.383 e. The highest BCUT2D eigenvalue weighted by molar-refractivity contribution is 5.79. The first-order valence-electron chi connectivity index (χ1n) is 10.8. The average molecular weight is 420 g/mol. The van der Waals surface area contributed by atoms with Crippen molar-refractivity contribution in [2.45, 2.75) is 31.8 Å². The molecule has 1 atom stereocenters. The maximum absolute atomic E-state index is 10.8. The number of rotatable bonds is 9. The number of benzene rings is 2. The molecule has 2 aromatic carbocycles. The second-order valence-corrected chi connectivity index (χ2v) is 7.96. The minimum atomic E-state index is -1.08. The number of nitrogens with one attached hydrogen (secondary N) is 2. The Morgan fingerprint density at radius 1 is 1.06 bits per heavy atom. The summed E-state index contributed by atoms with van der Waals surface area (Å²) in [6.45, 7) is 5.55. The maximum atomic E-state index is 10.8. The van der Waals surface area contributed by atoms with Gasteiger partial charge in [-0.15, -0.1) is 0 Å². The van der Waals surface area contributed by atoms with Crippen molar-refractivity contribution < 1.29 is 5.11 Å². The molecule has 0 fully saturated rings. The molecule has 3 rings (SSSR count). The standard InChI is InChI=1S/C25H33N5O/c1-4-26-24(28-19-25(2,31)22-17-29-30(3)18-22)27-16-15-23(20-11-7-5-8-12-20)21-13-9-6-10-14-21/h5-14,17-18,23,31H,4,15-16,19H2,1-3H3,(H2,26,27,28). The zero-order valence-electron chi connectivity index (χ0n) is 18.6. The lowest BCUT2D eigenvalue weighted by Crippen LogP contribution is -2.39. The van der Waals surface area contributed by atoms with Crippen molar-refractivity contribution in [2.24, 2.45) is 12.0 Å². The Kier molecular flexibility index (Phi) is 7.84. The third-order valence-electron chi connectivity index (χ3n) is 5.35. The molecule has 0 aliphatic carbocycles. The van der Waals surface area contributed by atoms with Gasteiger partial charge in [0.2, 0.25) is 0 Å². The first-order chi connectivity index (χ1) is 15.0. The summed E-state index contributed by atoms with van der Waals surface area (Å²) in [6.07, 6.45) is 4.43. The summed E-state index contributed by atoms with van der Waals surface area (Å²) in [5, 5.41) is 21.7. The Bertz CT molecular complexity index is 911. The predicted molar refractivity (Wildman–Crippen MR) is 126 cm³/mol. The SMILES string of the molecule is CCNC(=NCC(C)(O)c1cnn(C)c1)NCCC(c1ccccc1)c1ccccc1. The number of aromatic nitrogens is 2. The van der Waals surface area contributed by atoms with Gasteiger partial charge < -0.3 is 15.7 Å². The van der Waals surface area contributed by atoms with E-state index in [0.717, 1.165) is 25.1 Å². The van der Waals surface area contributed by atoms with Crippen molar-refractivity contribution in [3.05, 3.63) is 89.7 Å². The van der Waals surface area contributed by atoms with Crippen LogP contribution in [0, 0.1) is 0 Å². The lowest BCUT2D eigenvalue weighted by molar-refractivity contribution is 0.0672. The van der Waals surface area contributed by atoms with Crippen LogP contribution in [-0.4, -0.2) is 40.5 Å². The summed E-state index contributed by atoms with van der Waals surface area (Å²) in [7, 11) is 1.84. The summed E-state index contributed by atoms with van der Waals surface area (Å²) in [5.41, 5.74) is 2.28. The molecule has 0 bridgehead atoms. The van der Waals surface area contributed by atoms with Gasteiger partial charge in [0.25, 0.3) is 0 Å². The van der Waals surface area contributed by atoms with E-state index in [4.69, 9.17) is 0 Å².